The average molecular weight is 333 g/mol. The number of hydrogen-bond acceptors (Lipinski definition) is 6. The summed E-state index contributed by atoms with van der Waals surface area (Å²) in [6, 6.07) is 7.02. The number of rotatable bonds is 6. The normalized spacial score (nSPS) is 16.4. The molecular weight excluding hydrogens is 313 g/mol. The summed E-state index contributed by atoms with van der Waals surface area (Å²) in [6.45, 7) is 5.02. The third-order valence-corrected chi connectivity index (χ3v) is 4.16. The number of aliphatic hydroxyl groups is 1. The predicted octanol–water partition coefficient (Wildman–Crippen LogP) is 1.15. The molecule has 7 heteroatoms. The van der Waals surface area contributed by atoms with Gasteiger partial charge in [-0.2, -0.15) is 0 Å². The molecule has 0 radical (unpaired) electrons. The lowest BCUT2D eigenvalue weighted by atomic mass is 10.1. The Bertz CT molecular complexity index is 679. The fourth-order valence-electron chi connectivity index (χ4n) is 2.78. The van der Waals surface area contributed by atoms with E-state index in [0.717, 1.165) is 26.2 Å². The van der Waals surface area contributed by atoms with Crippen molar-refractivity contribution in [2.24, 2.45) is 0 Å². The Labute approximate surface area is 139 Å². The van der Waals surface area contributed by atoms with Gasteiger partial charge in [0.05, 0.1) is 13.2 Å². The van der Waals surface area contributed by atoms with E-state index in [1.165, 1.54) is 24.3 Å². The molecule has 0 aliphatic carbocycles. The van der Waals surface area contributed by atoms with Crippen LogP contribution in [0.4, 0.5) is 4.39 Å². The summed E-state index contributed by atoms with van der Waals surface area (Å²) < 4.78 is 18.2. The van der Waals surface area contributed by atoms with Gasteiger partial charge in [0.1, 0.15) is 5.82 Å². The maximum Gasteiger partial charge on any atom is 0.214 e. The number of carbonyl (C=O) groups is 1. The minimum absolute atomic E-state index is 0.178. The Kier molecular flexibility index (Phi) is 5.34. The van der Waals surface area contributed by atoms with Gasteiger partial charge in [0.2, 0.25) is 5.78 Å². The molecule has 0 unspecified atom stereocenters. The van der Waals surface area contributed by atoms with Crippen LogP contribution in [-0.2, 0) is 6.54 Å². The zero-order valence-corrected chi connectivity index (χ0v) is 13.3. The highest BCUT2D eigenvalue weighted by Gasteiger charge is 2.20. The van der Waals surface area contributed by atoms with Crippen LogP contribution in [0.5, 0.6) is 0 Å². The number of ketones is 1. The van der Waals surface area contributed by atoms with Crippen LogP contribution in [0.1, 0.15) is 21.8 Å². The maximum atomic E-state index is 12.9. The second-order valence-corrected chi connectivity index (χ2v) is 5.86. The van der Waals surface area contributed by atoms with Gasteiger partial charge in [-0.15, -0.1) is 0 Å². The molecule has 6 nitrogen and oxygen atoms in total. The third-order valence-electron chi connectivity index (χ3n) is 4.16. The number of nitrogens with zero attached hydrogens (tertiary/aromatic N) is 3. The largest absolute Gasteiger partial charge is 0.395 e. The molecule has 1 aromatic carbocycles. The van der Waals surface area contributed by atoms with E-state index in [1.807, 2.05) is 0 Å². The van der Waals surface area contributed by atoms with Gasteiger partial charge in [0.15, 0.2) is 11.5 Å². The van der Waals surface area contributed by atoms with Crippen molar-refractivity contribution in [1.29, 1.82) is 0 Å². The number of carbonyl (C=O) groups excluding carboxylic acids is 1. The van der Waals surface area contributed by atoms with E-state index in [2.05, 4.69) is 15.0 Å². The summed E-state index contributed by atoms with van der Waals surface area (Å²) in [6.07, 6.45) is 0. The molecule has 1 aliphatic heterocycles. The molecule has 1 aromatic heterocycles. The molecule has 24 heavy (non-hydrogen) atoms. The Morgan fingerprint density at radius 3 is 2.50 bits per heavy atom. The van der Waals surface area contributed by atoms with Crippen LogP contribution in [0.2, 0.25) is 0 Å². The molecule has 0 atom stereocenters. The van der Waals surface area contributed by atoms with Crippen LogP contribution in [0.25, 0.3) is 0 Å². The summed E-state index contributed by atoms with van der Waals surface area (Å²) in [4.78, 5) is 16.7. The number of piperazine rings is 1. The molecule has 0 spiro atoms. The SMILES string of the molecule is O=C(c1ccc(F)cc1)c1cc(CN2CCN(CCO)CC2)on1. The molecule has 1 saturated heterocycles. The maximum absolute atomic E-state index is 12.9. The smallest absolute Gasteiger partial charge is 0.214 e. The monoisotopic (exact) mass is 333 g/mol. The Balaban J connectivity index is 1.58. The Morgan fingerprint density at radius 2 is 1.83 bits per heavy atom. The Hall–Kier alpha value is -2.09. The lowest BCUT2D eigenvalue weighted by molar-refractivity contribution is 0.101. The van der Waals surface area contributed by atoms with Crippen molar-refractivity contribution in [3.63, 3.8) is 0 Å². The first-order chi connectivity index (χ1) is 11.7. The minimum Gasteiger partial charge on any atom is -0.395 e. The number of aromatic nitrogens is 1. The molecule has 1 fully saturated rings. The molecule has 0 bridgehead atoms. The number of β-amino-alcohol motifs (C(OH)–C–C–N with tert-alkyl or cyclic N) is 1. The lowest BCUT2D eigenvalue weighted by Gasteiger charge is -2.33. The highest BCUT2D eigenvalue weighted by Crippen LogP contribution is 2.14. The quantitative estimate of drug-likeness (QED) is 0.800. The topological polar surface area (TPSA) is 69.8 Å². The standard InChI is InChI=1S/C17H20FN3O3/c18-14-3-1-13(2-4-14)17(23)16-11-15(24-19-16)12-21-7-5-20(6-8-21)9-10-22/h1-4,11,22H,5-10,12H2. The van der Waals surface area contributed by atoms with Crippen LogP contribution in [0.15, 0.2) is 34.9 Å². The van der Waals surface area contributed by atoms with Gasteiger partial charge in [0, 0.05) is 44.4 Å². The summed E-state index contributed by atoms with van der Waals surface area (Å²) >= 11 is 0. The van der Waals surface area contributed by atoms with Crippen molar-refractivity contribution in [1.82, 2.24) is 15.0 Å². The number of hydrogen-bond donors (Lipinski definition) is 1. The van der Waals surface area contributed by atoms with Gasteiger partial charge in [-0.05, 0) is 24.3 Å². The van der Waals surface area contributed by atoms with E-state index in [-0.39, 0.29) is 23.9 Å². The molecule has 3 rings (SSSR count). The van der Waals surface area contributed by atoms with Crippen molar-refractivity contribution in [3.8, 4) is 0 Å². The molecule has 1 N–H and O–H groups in total. The summed E-state index contributed by atoms with van der Waals surface area (Å²) in [7, 11) is 0. The third kappa shape index (κ3) is 4.05. The highest BCUT2D eigenvalue weighted by molar-refractivity contribution is 6.07. The molecule has 0 amide bonds. The summed E-state index contributed by atoms with van der Waals surface area (Å²) in [5.74, 6) is -0.0263. The molecule has 0 saturated carbocycles. The van der Waals surface area contributed by atoms with Gasteiger partial charge in [-0.3, -0.25) is 14.6 Å². The summed E-state index contributed by atoms with van der Waals surface area (Å²) in [5.41, 5.74) is 0.615. The Morgan fingerprint density at radius 1 is 1.17 bits per heavy atom. The first kappa shape index (κ1) is 16.8. The van der Waals surface area contributed by atoms with Gasteiger partial charge in [0.25, 0.3) is 0 Å². The molecule has 2 aromatic rings. The van der Waals surface area contributed by atoms with Crippen LogP contribution < -0.4 is 0 Å². The lowest BCUT2D eigenvalue weighted by Crippen LogP contribution is -2.46. The summed E-state index contributed by atoms with van der Waals surface area (Å²) in [5, 5.41) is 12.8. The van der Waals surface area contributed by atoms with E-state index in [9.17, 15) is 9.18 Å². The molecule has 2 heterocycles. The highest BCUT2D eigenvalue weighted by atomic mass is 19.1. The van der Waals surface area contributed by atoms with E-state index in [4.69, 9.17) is 9.63 Å². The van der Waals surface area contributed by atoms with Crippen molar-refractivity contribution in [3.05, 3.63) is 53.2 Å². The van der Waals surface area contributed by atoms with Gasteiger partial charge in [-0.1, -0.05) is 5.16 Å². The van der Waals surface area contributed by atoms with Gasteiger partial charge < -0.3 is 9.63 Å². The van der Waals surface area contributed by atoms with Crippen molar-refractivity contribution in [2.75, 3.05) is 39.3 Å². The second-order valence-electron chi connectivity index (χ2n) is 5.86. The van der Waals surface area contributed by atoms with Crippen LogP contribution in [0, 0.1) is 5.82 Å². The van der Waals surface area contributed by atoms with Crippen LogP contribution >= 0.6 is 0 Å². The fourth-order valence-corrected chi connectivity index (χ4v) is 2.78. The zero-order valence-electron chi connectivity index (χ0n) is 13.3. The molecule has 1 aliphatic rings. The van der Waals surface area contributed by atoms with Crippen molar-refractivity contribution < 1.29 is 18.8 Å². The molecule has 128 valence electrons. The number of halogens is 1. The predicted molar refractivity (Wildman–Crippen MR) is 85.1 cm³/mol. The first-order valence-corrected chi connectivity index (χ1v) is 7.97. The zero-order chi connectivity index (χ0) is 16.9. The second kappa shape index (κ2) is 7.65. The first-order valence-electron chi connectivity index (χ1n) is 7.97. The van der Waals surface area contributed by atoms with E-state index < -0.39 is 0 Å². The van der Waals surface area contributed by atoms with E-state index >= 15 is 0 Å². The van der Waals surface area contributed by atoms with E-state index in [0.29, 0.717) is 24.4 Å². The number of benzene rings is 1. The van der Waals surface area contributed by atoms with Crippen LogP contribution in [-0.4, -0.2) is 65.2 Å². The van der Waals surface area contributed by atoms with E-state index in [1.54, 1.807) is 6.07 Å². The van der Waals surface area contributed by atoms with Crippen molar-refractivity contribution >= 4 is 5.78 Å². The average Bonchev–Trinajstić information content (AvgIpc) is 3.05. The fraction of sp³-hybridized carbons (Fsp3) is 0.412. The van der Waals surface area contributed by atoms with Gasteiger partial charge >= 0.3 is 0 Å². The van der Waals surface area contributed by atoms with Gasteiger partial charge in [-0.25, -0.2) is 4.39 Å². The number of aliphatic hydroxyl groups excluding tert-OH is 1. The minimum atomic E-state index is -0.382. The van der Waals surface area contributed by atoms with Crippen LogP contribution in [0.3, 0.4) is 0 Å². The molecular formula is C17H20FN3O3. The van der Waals surface area contributed by atoms with Crippen molar-refractivity contribution in [2.45, 2.75) is 6.54 Å².